The topological polar surface area (TPSA) is 79.7 Å². The first-order chi connectivity index (χ1) is 17.0. The first-order valence-corrected chi connectivity index (χ1v) is 12.2. The molecule has 35 heavy (non-hydrogen) atoms. The minimum absolute atomic E-state index is 0.0191. The number of carbonyl (C=O) groups is 1. The van der Waals surface area contributed by atoms with E-state index < -0.39 is 0 Å². The zero-order valence-electron chi connectivity index (χ0n) is 19.4. The minimum Gasteiger partial charge on any atom is -0.496 e. The largest absolute Gasteiger partial charge is 0.496 e. The fourth-order valence-electron chi connectivity index (χ4n) is 4.03. The SMILES string of the molecule is COc1ccc(C(C)=O)cc1CSc1nc2ccccc2c(=O)n1C[C@H]1COc2ccccc2O1. The fraction of sp³-hybridized carbons (Fsp3) is 0.222. The Hall–Kier alpha value is -3.78. The molecular formula is C27H24N2O5S. The van der Waals surface area contributed by atoms with E-state index in [1.54, 1.807) is 29.9 Å². The maximum atomic E-state index is 13.5. The zero-order valence-corrected chi connectivity index (χ0v) is 20.2. The number of hydrogen-bond acceptors (Lipinski definition) is 7. The number of carbonyl (C=O) groups excluding carboxylic acids is 1. The molecule has 0 bridgehead atoms. The van der Waals surface area contributed by atoms with Crippen LogP contribution in [0.25, 0.3) is 10.9 Å². The molecule has 1 aliphatic heterocycles. The zero-order chi connectivity index (χ0) is 24.4. The molecule has 3 aromatic carbocycles. The standard InChI is InChI=1S/C27H24N2O5S/c1-17(30)18-11-12-23(32-2)19(13-18)16-35-27-28-22-8-4-3-7-21(22)26(31)29(27)14-20-15-33-24-9-5-6-10-25(24)34-20/h3-13,20H,14-16H2,1-2H3/t20-/m0/s1. The number of Topliss-reactive ketones (excluding diaryl/α,β-unsaturated/α-hetero) is 1. The van der Waals surface area contributed by atoms with Crippen LogP contribution in [0.3, 0.4) is 0 Å². The second-order valence-electron chi connectivity index (χ2n) is 8.20. The number of para-hydroxylation sites is 3. The Morgan fingerprint density at radius 3 is 2.69 bits per heavy atom. The van der Waals surface area contributed by atoms with Crippen molar-refractivity contribution in [1.29, 1.82) is 0 Å². The van der Waals surface area contributed by atoms with Crippen molar-refractivity contribution < 1.29 is 19.0 Å². The highest BCUT2D eigenvalue weighted by molar-refractivity contribution is 7.98. The van der Waals surface area contributed by atoms with Crippen LogP contribution in [0, 0.1) is 0 Å². The lowest BCUT2D eigenvalue weighted by molar-refractivity contribution is 0.0757. The van der Waals surface area contributed by atoms with E-state index in [0.29, 0.717) is 51.2 Å². The Balaban J connectivity index is 1.48. The highest BCUT2D eigenvalue weighted by atomic mass is 32.2. The number of thioether (sulfide) groups is 1. The summed E-state index contributed by atoms with van der Waals surface area (Å²) in [5, 5.41) is 1.11. The summed E-state index contributed by atoms with van der Waals surface area (Å²) < 4.78 is 19.1. The van der Waals surface area contributed by atoms with Crippen LogP contribution in [0.2, 0.25) is 0 Å². The van der Waals surface area contributed by atoms with Gasteiger partial charge in [0.25, 0.3) is 5.56 Å². The van der Waals surface area contributed by atoms with Gasteiger partial charge in [0.05, 0.1) is 24.6 Å². The number of benzene rings is 3. The lowest BCUT2D eigenvalue weighted by atomic mass is 10.1. The third kappa shape index (κ3) is 4.74. The van der Waals surface area contributed by atoms with E-state index in [-0.39, 0.29) is 24.0 Å². The highest BCUT2D eigenvalue weighted by Crippen LogP contribution is 2.32. The van der Waals surface area contributed by atoms with Crippen LogP contribution in [0.15, 0.2) is 76.7 Å². The van der Waals surface area contributed by atoms with Crippen LogP contribution < -0.4 is 19.8 Å². The van der Waals surface area contributed by atoms with Gasteiger partial charge in [0.2, 0.25) is 0 Å². The van der Waals surface area contributed by atoms with Gasteiger partial charge in [-0.05, 0) is 49.4 Å². The predicted molar refractivity (Wildman–Crippen MR) is 135 cm³/mol. The molecule has 1 aliphatic rings. The normalized spacial score (nSPS) is 14.6. The van der Waals surface area contributed by atoms with Crippen molar-refractivity contribution >= 4 is 28.4 Å². The van der Waals surface area contributed by atoms with E-state index in [1.807, 2.05) is 48.5 Å². The number of nitrogens with zero attached hydrogens (tertiary/aromatic N) is 2. The number of aromatic nitrogens is 2. The van der Waals surface area contributed by atoms with Crippen molar-refractivity contribution in [2.45, 2.75) is 30.5 Å². The van der Waals surface area contributed by atoms with Crippen molar-refractivity contribution in [3.63, 3.8) is 0 Å². The predicted octanol–water partition coefficient (Wildman–Crippen LogP) is 4.74. The molecule has 178 valence electrons. The van der Waals surface area contributed by atoms with Crippen LogP contribution in [0.5, 0.6) is 17.2 Å². The van der Waals surface area contributed by atoms with E-state index >= 15 is 0 Å². The van der Waals surface area contributed by atoms with E-state index in [2.05, 4.69) is 0 Å². The Bertz CT molecular complexity index is 1470. The van der Waals surface area contributed by atoms with Gasteiger partial charge in [-0.1, -0.05) is 36.0 Å². The molecule has 1 aromatic heterocycles. The van der Waals surface area contributed by atoms with Gasteiger partial charge in [-0.25, -0.2) is 4.98 Å². The van der Waals surface area contributed by atoms with Gasteiger partial charge in [-0.15, -0.1) is 0 Å². The smallest absolute Gasteiger partial charge is 0.262 e. The summed E-state index contributed by atoms with van der Waals surface area (Å²) in [5.41, 5.74) is 1.96. The first-order valence-electron chi connectivity index (χ1n) is 11.2. The van der Waals surface area contributed by atoms with Crippen LogP contribution >= 0.6 is 11.8 Å². The summed E-state index contributed by atoms with van der Waals surface area (Å²) in [5.74, 6) is 2.48. The minimum atomic E-state index is -0.347. The van der Waals surface area contributed by atoms with E-state index in [4.69, 9.17) is 19.2 Å². The molecule has 8 heteroatoms. The molecule has 0 radical (unpaired) electrons. The average Bonchev–Trinajstić information content (AvgIpc) is 2.89. The van der Waals surface area contributed by atoms with Crippen molar-refractivity contribution in [2.24, 2.45) is 0 Å². The Morgan fingerprint density at radius 2 is 1.89 bits per heavy atom. The Morgan fingerprint density at radius 1 is 1.11 bits per heavy atom. The molecule has 0 saturated carbocycles. The molecule has 0 N–H and O–H groups in total. The number of ketones is 1. The quantitative estimate of drug-likeness (QED) is 0.211. The van der Waals surface area contributed by atoms with Crippen molar-refractivity contribution in [3.05, 3.63) is 88.2 Å². The monoisotopic (exact) mass is 488 g/mol. The Labute approximate surface area is 206 Å². The molecule has 4 aromatic rings. The van der Waals surface area contributed by atoms with Gasteiger partial charge in [-0.3, -0.25) is 14.2 Å². The van der Waals surface area contributed by atoms with Gasteiger partial charge in [0.15, 0.2) is 28.5 Å². The molecular weight excluding hydrogens is 464 g/mol. The number of ether oxygens (including phenoxy) is 3. The van der Waals surface area contributed by atoms with Gasteiger partial charge in [0.1, 0.15) is 12.4 Å². The summed E-state index contributed by atoms with van der Waals surface area (Å²) in [6, 6.07) is 20.2. The van der Waals surface area contributed by atoms with E-state index in [9.17, 15) is 9.59 Å². The number of rotatable bonds is 7. The van der Waals surface area contributed by atoms with Crippen LogP contribution in [0.1, 0.15) is 22.8 Å². The van der Waals surface area contributed by atoms with Crippen LogP contribution in [-0.4, -0.2) is 35.2 Å². The van der Waals surface area contributed by atoms with Gasteiger partial charge in [-0.2, -0.15) is 0 Å². The maximum absolute atomic E-state index is 13.5. The molecule has 0 unspecified atom stereocenters. The van der Waals surface area contributed by atoms with Gasteiger partial charge in [0, 0.05) is 16.9 Å². The third-order valence-corrected chi connectivity index (χ3v) is 6.85. The van der Waals surface area contributed by atoms with Crippen LogP contribution in [0.4, 0.5) is 0 Å². The molecule has 7 nitrogen and oxygen atoms in total. The Kier molecular flexibility index (Phi) is 6.46. The lowest BCUT2D eigenvalue weighted by Crippen LogP contribution is -2.37. The van der Waals surface area contributed by atoms with Gasteiger partial charge >= 0.3 is 0 Å². The number of methoxy groups -OCH3 is 1. The summed E-state index contributed by atoms with van der Waals surface area (Å²) in [4.78, 5) is 30.2. The van der Waals surface area contributed by atoms with Crippen molar-refractivity contribution in [2.75, 3.05) is 13.7 Å². The second kappa shape index (κ2) is 9.84. The van der Waals surface area contributed by atoms with E-state index in [1.165, 1.54) is 18.7 Å². The molecule has 2 heterocycles. The summed E-state index contributed by atoms with van der Waals surface area (Å²) >= 11 is 1.42. The first kappa shape index (κ1) is 23.0. The molecule has 0 fully saturated rings. The summed E-state index contributed by atoms with van der Waals surface area (Å²) in [6.45, 7) is 2.15. The summed E-state index contributed by atoms with van der Waals surface area (Å²) in [6.07, 6.45) is -0.347. The molecule has 0 spiro atoms. The summed E-state index contributed by atoms with van der Waals surface area (Å²) in [7, 11) is 1.60. The van der Waals surface area contributed by atoms with Crippen LogP contribution in [-0.2, 0) is 12.3 Å². The van der Waals surface area contributed by atoms with Crippen molar-refractivity contribution in [1.82, 2.24) is 9.55 Å². The van der Waals surface area contributed by atoms with Crippen molar-refractivity contribution in [3.8, 4) is 17.2 Å². The molecule has 0 aliphatic carbocycles. The van der Waals surface area contributed by atoms with Gasteiger partial charge < -0.3 is 14.2 Å². The molecule has 0 amide bonds. The number of hydrogen-bond donors (Lipinski definition) is 0. The third-order valence-electron chi connectivity index (χ3n) is 5.82. The molecule has 0 saturated heterocycles. The second-order valence-corrected chi connectivity index (χ2v) is 9.14. The highest BCUT2D eigenvalue weighted by Gasteiger charge is 2.24. The maximum Gasteiger partial charge on any atom is 0.262 e. The van der Waals surface area contributed by atoms with E-state index in [0.717, 1.165) is 5.56 Å². The molecule has 1 atom stereocenters. The molecule has 5 rings (SSSR count). The lowest BCUT2D eigenvalue weighted by Gasteiger charge is -2.27. The number of fused-ring (bicyclic) bond motifs is 2. The average molecular weight is 489 g/mol. The fourth-order valence-corrected chi connectivity index (χ4v) is 5.01.